The monoisotopic (exact) mass is 280 g/mol. The van der Waals surface area contributed by atoms with Gasteiger partial charge in [-0.3, -0.25) is 14.9 Å². The van der Waals surface area contributed by atoms with Crippen LogP contribution < -0.4 is 10.6 Å². The second kappa shape index (κ2) is 5.85. The third-order valence-electron chi connectivity index (χ3n) is 3.21. The van der Waals surface area contributed by atoms with Crippen molar-refractivity contribution in [3.05, 3.63) is 27.9 Å². The van der Waals surface area contributed by atoms with Crippen molar-refractivity contribution in [3.8, 4) is 0 Å². The number of pyridine rings is 1. The zero-order valence-corrected chi connectivity index (χ0v) is 12.4. The second-order valence-electron chi connectivity index (χ2n) is 5.66. The number of nitrogens with zero attached hydrogens (tertiary/aromatic N) is 2. The number of hydrogen-bond donors (Lipinski definition) is 2. The Balaban J connectivity index is 3.07. The maximum Gasteiger partial charge on any atom is 0.288 e. The lowest BCUT2D eigenvalue weighted by Crippen LogP contribution is -2.41. The van der Waals surface area contributed by atoms with Crippen molar-refractivity contribution < 1.29 is 9.72 Å². The predicted octanol–water partition coefficient (Wildman–Crippen LogP) is 2.20. The molecule has 20 heavy (non-hydrogen) atoms. The quantitative estimate of drug-likeness (QED) is 0.651. The molecule has 0 aromatic carbocycles. The molecular formula is C13H20N4O3. The maximum absolute atomic E-state index is 12.2. The molecule has 1 amide bonds. The van der Waals surface area contributed by atoms with Gasteiger partial charge in [-0.2, -0.15) is 0 Å². The Morgan fingerprint density at radius 3 is 2.50 bits per heavy atom. The zero-order chi connectivity index (χ0) is 15.5. The van der Waals surface area contributed by atoms with Crippen molar-refractivity contribution in [2.45, 2.75) is 33.7 Å². The van der Waals surface area contributed by atoms with Gasteiger partial charge in [0, 0.05) is 19.2 Å². The van der Waals surface area contributed by atoms with E-state index in [4.69, 9.17) is 0 Å². The van der Waals surface area contributed by atoms with E-state index in [-0.39, 0.29) is 28.6 Å². The Hall–Kier alpha value is -2.18. The van der Waals surface area contributed by atoms with E-state index in [2.05, 4.69) is 15.6 Å². The number of nitro groups is 1. The molecule has 1 rings (SSSR count). The Kier molecular flexibility index (Phi) is 4.65. The lowest BCUT2D eigenvalue weighted by molar-refractivity contribution is -0.385. The fourth-order valence-corrected chi connectivity index (χ4v) is 1.42. The van der Waals surface area contributed by atoms with E-state index in [1.165, 1.54) is 6.07 Å². The first-order valence-electron chi connectivity index (χ1n) is 6.30. The smallest absolute Gasteiger partial charge is 0.288 e. The molecule has 0 aliphatic rings. The highest BCUT2D eigenvalue weighted by Gasteiger charge is 2.24. The first kappa shape index (κ1) is 15.9. The Morgan fingerprint density at radius 2 is 2.05 bits per heavy atom. The van der Waals surface area contributed by atoms with Crippen LogP contribution in [0.15, 0.2) is 12.3 Å². The molecule has 0 spiro atoms. The zero-order valence-electron chi connectivity index (χ0n) is 12.4. The molecule has 0 saturated carbocycles. The van der Waals surface area contributed by atoms with Crippen molar-refractivity contribution >= 4 is 17.4 Å². The normalized spacial score (nSPS) is 12.7. The van der Waals surface area contributed by atoms with E-state index >= 15 is 0 Å². The molecule has 1 heterocycles. The number of hydrogen-bond acceptors (Lipinski definition) is 5. The molecular weight excluding hydrogens is 260 g/mol. The van der Waals surface area contributed by atoms with Gasteiger partial charge < -0.3 is 10.6 Å². The third-order valence-corrected chi connectivity index (χ3v) is 3.21. The van der Waals surface area contributed by atoms with Gasteiger partial charge >= 0.3 is 0 Å². The van der Waals surface area contributed by atoms with E-state index < -0.39 is 4.92 Å². The average molecular weight is 280 g/mol. The van der Waals surface area contributed by atoms with Crippen LogP contribution in [0.2, 0.25) is 0 Å². The molecule has 110 valence electrons. The molecule has 0 aliphatic carbocycles. The topological polar surface area (TPSA) is 97.2 Å². The number of amides is 1. The van der Waals surface area contributed by atoms with Gasteiger partial charge in [0.2, 0.25) is 0 Å². The number of nitrogens with one attached hydrogen (secondary N) is 2. The van der Waals surface area contributed by atoms with Gasteiger partial charge in [0.05, 0.1) is 10.5 Å². The Labute approximate surface area is 117 Å². The summed E-state index contributed by atoms with van der Waals surface area (Å²) in [6.07, 6.45) is 1.12. The summed E-state index contributed by atoms with van der Waals surface area (Å²) in [6.45, 7) is 7.90. The standard InChI is InChI=1S/C13H20N4O3/c1-8(13(2,3)4)16-12(18)10-6-9(17(19)20)7-15-11(10)14-5/h6-8H,1-5H3,(H,14,15)(H,16,18). The largest absolute Gasteiger partial charge is 0.372 e. The van der Waals surface area contributed by atoms with Crippen LogP contribution in [0.1, 0.15) is 38.1 Å². The molecule has 7 nitrogen and oxygen atoms in total. The minimum Gasteiger partial charge on any atom is -0.372 e. The predicted molar refractivity (Wildman–Crippen MR) is 76.8 cm³/mol. The van der Waals surface area contributed by atoms with Gasteiger partial charge in [-0.15, -0.1) is 0 Å². The van der Waals surface area contributed by atoms with Crippen LogP contribution in [0.5, 0.6) is 0 Å². The molecule has 1 aromatic rings. The highest BCUT2D eigenvalue weighted by Crippen LogP contribution is 2.22. The van der Waals surface area contributed by atoms with Crippen molar-refractivity contribution in [1.29, 1.82) is 0 Å². The van der Waals surface area contributed by atoms with E-state index in [0.717, 1.165) is 6.20 Å². The average Bonchev–Trinajstić information content (AvgIpc) is 2.36. The van der Waals surface area contributed by atoms with Crippen LogP contribution in [-0.4, -0.2) is 28.9 Å². The fraction of sp³-hybridized carbons (Fsp3) is 0.538. The van der Waals surface area contributed by atoms with Crippen LogP contribution in [0, 0.1) is 15.5 Å². The fourth-order valence-electron chi connectivity index (χ4n) is 1.42. The molecule has 2 N–H and O–H groups in total. The number of carbonyl (C=O) groups is 1. The summed E-state index contributed by atoms with van der Waals surface area (Å²) >= 11 is 0. The summed E-state index contributed by atoms with van der Waals surface area (Å²) in [7, 11) is 1.61. The van der Waals surface area contributed by atoms with Crippen LogP contribution in [0.3, 0.4) is 0 Å². The van der Waals surface area contributed by atoms with E-state index in [1.54, 1.807) is 7.05 Å². The molecule has 0 radical (unpaired) electrons. The van der Waals surface area contributed by atoms with Gasteiger partial charge in [-0.05, 0) is 12.3 Å². The van der Waals surface area contributed by atoms with Crippen molar-refractivity contribution in [1.82, 2.24) is 10.3 Å². The van der Waals surface area contributed by atoms with E-state index in [1.807, 2.05) is 27.7 Å². The van der Waals surface area contributed by atoms with Crippen LogP contribution >= 0.6 is 0 Å². The molecule has 1 unspecified atom stereocenters. The molecule has 7 heteroatoms. The maximum atomic E-state index is 12.2. The number of anilines is 1. The highest BCUT2D eigenvalue weighted by molar-refractivity contribution is 5.99. The lowest BCUT2D eigenvalue weighted by atomic mass is 9.88. The Bertz CT molecular complexity index is 523. The summed E-state index contributed by atoms with van der Waals surface area (Å²) in [6, 6.07) is 1.14. The molecule has 1 aromatic heterocycles. The summed E-state index contributed by atoms with van der Waals surface area (Å²) < 4.78 is 0. The van der Waals surface area contributed by atoms with Crippen LogP contribution in [0.25, 0.3) is 0 Å². The van der Waals surface area contributed by atoms with Crippen LogP contribution in [-0.2, 0) is 0 Å². The van der Waals surface area contributed by atoms with Crippen molar-refractivity contribution in [2.75, 3.05) is 12.4 Å². The summed E-state index contributed by atoms with van der Waals surface area (Å²) in [5.74, 6) is -0.0674. The van der Waals surface area contributed by atoms with Gasteiger partial charge in [0.25, 0.3) is 11.6 Å². The summed E-state index contributed by atoms with van der Waals surface area (Å²) in [5.41, 5.74) is -0.153. The SMILES string of the molecule is CNc1ncc([N+](=O)[O-])cc1C(=O)NC(C)C(C)(C)C. The van der Waals surface area contributed by atoms with Crippen molar-refractivity contribution in [3.63, 3.8) is 0 Å². The minimum atomic E-state index is -0.573. The van der Waals surface area contributed by atoms with E-state index in [9.17, 15) is 14.9 Å². The Morgan fingerprint density at radius 1 is 1.45 bits per heavy atom. The first-order chi connectivity index (χ1) is 9.16. The van der Waals surface area contributed by atoms with Crippen molar-refractivity contribution in [2.24, 2.45) is 5.41 Å². The third kappa shape index (κ3) is 3.66. The van der Waals surface area contributed by atoms with Gasteiger partial charge in [-0.25, -0.2) is 4.98 Å². The molecule has 1 atom stereocenters. The minimum absolute atomic E-state index is 0.0843. The van der Waals surface area contributed by atoms with Gasteiger partial charge in [0.1, 0.15) is 12.0 Å². The molecule has 0 saturated heterocycles. The highest BCUT2D eigenvalue weighted by atomic mass is 16.6. The van der Waals surface area contributed by atoms with Crippen LogP contribution in [0.4, 0.5) is 11.5 Å². The number of aromatic nitrogens is 1. The molecule has 0 aliphatic heterocycles. The lowest BCUT2D eigenvalue weighted by Gasteiger charge is -2.28. The second-order valence-corrected chi connectivity index (χ2v) is 5.66. The molecule has 0 fully saturated rings. The summed E-state index contributed by atoms with van der Waals surface area (Å²) in [4.78, 5) is 26.3. The first-order valence-corrected chi connectivity index (χ1v) is 6.30. The number of rotatable bonds is 4. The van der Waals surface area contributed by atoms with Gasteiger partial charge in [0.15, 0.2) is 0 Å². The van der Waals surface area contributed by atoms with E-state index in [0.29, 0.717) is 5.82 Å². The van der Waals surface area contributed by atoms with Gasteiger partial charge in [-0.1, -0.05) is 20.8 Å². The summed E-state index contributed by atoms with van der Waals surface area (Å²) in [5, 5.41) is 16.4. The number of carbonyl (C=O) groups excluding carboxylic acids is 1. The molecule has 0 bridgehead atoms.